The molecule has 2 heterocycles. The van der Waals surface area contributed by atoms with E-state index in [1.165, 1.54) is 11.1 Å². The Morgan fingerprint density at radius 3 is 3.08 bits per heavy atom. The summed E-state index contributed by atoms with van der Waals surface area (Å²) in [7, 11) is 0. The van der Waals surface area contributed by atoms with Gasteiger partial charge in [-0.15, -0.1) is 0 Å². The maximum absolute atomic E-state index is 4.45. The minimum absolute atomic E-state index is 0. The van der Waals surface area contributed by atoms with E-state index in [0.29, 0.717) is 0 Å². The van der Waals surface area contributed by atoms with Gasteiger partial charge in [-0.1, -0.05) is 18.2 Å². The van der Waals surface area contributed by atoms with E-state index in [2.05, 4.69) is 16.1 Å². The average Bonchev–Trinajstić information content (AvgIpc) is 2.56. The molecule has 0 atom stereocenters. The molecule has 0 amide bonds. The molecule has 0 aromatic heterocycles. The van der Waals surface area contributed by atoms with Crippen LogP contribution in [0.5, 0.6) is 0 Å². The van der Waals surface area contributed by atoms with Crippen LogP contribution in [0.4, 0.5) is 5.69 Å². The fourth-order valence-corrected chi connectivity index (χ4v) is 1.63. The summed E-state index contributed by atoms with van der Waals surface area (Å²) in [6.45, 7) is 1.80. The molecule has 0 aliphatic carbocycles. The van der Waals surface area contributed by atoms with Crippen molar-refractivity contribution in [3.8, 4) is 0 Å². The van der Waals surface area contributed by atoms with Crippen molar-refractivity contribution in [3.05, 3.63) is 42.4 Å². The molecule has 1 radical (unpaired) electrons. The molecule has 61 valence electrons. The topological polar surface area (TPSA) is 24.7 Å². The zero-order valence-electron chi connectivity index (χ0n) is 7.94. The van der Waals surface area contributed by atoms with Gasteiger partial charge in [0.05, 0.1) is 11.4 Å². The Morgan fingerprint density at radius 1 is 1.15 bits per heavy atom. The van der Waals surface area contributed by atoms with E-state index in [1.807, 2.05) is 24.3 Å². The maximum atomic E-state index is 4.45. The molecule has 2 aliphatic rings. The lowest BCUT2D eigenvalue weighted by Gasteiger charge is -2.03. The lowest BCUT2D eigenvalue weighted by Crippen LogP contribution is -2.00. The SMILES string of the molecule is [CH]1N=CC=C2C1=Nc1ccccc12.[H+]. The quantitative estimate of drug-likeness (QED) is 0.568. The van der Waals surface area contributed by atoms with Gasteiger partial charge in [0.15, 0.2) is 0 Å². The van der Waals surface area contributed by atoms with Gasteiger partial charge in [0.25, 0.3) is 0 Å². The predicted molar refractivity (Wildman–Crippen MR) is 55.4 cm³/mol. The van der Waals surface area contributed by atoms with Crippen molar-refractivity contribution in [3.63, 3.8) is 0 Å². The van der Waals surface area contributed by atoms with Crippen LogP contribution in [-0.2, 0) is 0 Å². The Kier molecular flexibility index (Phi) is 1.25. The Balaban J connectivity index is 0.000000750. The second kappa shape index (κ2) is 2.39. The first kappa shape index (κ1) is 6.78. The van der Waals surface area contributed by atoms with E-state index in [9.17, 15) is 0 Å². The molecule has 2 aliphatic heterocycles. The van der Waals surface area contributed by atoms with E-state index in [-0.39, 0.29) is 1.43 Å². The highest BCUT2D eigenvalue weighted by molar-refractivity contribution is 6.35. The van der Waals surface area contributed by atoms with Crippen molar-refractivity contribution in [1.29, 1.82) is 0 Å². The number of hydrogen-bond acceptors (Lipinski definition) is 2. The highest BCUT2D eigenvalue weighted by Gasteiger charge is 2.20. The maximum Gasteiger partial charge on any atom is 1.00 e. The van der Waals surface area contributed by atoms with E-state index in [1.54, 1.807) is 12.8 Å². The van der Waals surface area contributed by atoms with Gasteiger partial charge in [-0.2, -0.15) is 0 Å². The van der Waals surface area contributed by atoms with Gasteiger partial charge in [0.2, 0.25) is 0 Å². The number of allylic oxidation sites excluding steroid dienone is 1. The molecule has 1 aromatic rings. The Morgan fingerprint density at radius 2 is 2.08 bits per heavy atom. The lowest BCUT2D eigenvalue weighted by molar-refractivity contribution is 1.47. The van der Waals surface area contributed by atoms with Gasteiger partial charge in [-0.25, -0.2) is 4.99 Å². The molecular weight excluding hydrogens is 160 g/mol. The third-order valence-electron chi connectivity index (χ3n) is 2.24. The Bertz CT molecular complexity index is 458. The van der Waals surface area contributed by atoms with Crippen LogP contribution in [-0.4, -0.2) is 11.9 Å². The number of rotatable bonds is 0. The summed E-state index contributed by atoms with van der Waals surface area (Å²) in [6.07, 6.45) is 3.81. The molecule has 2 nitrogen and oxygen atoms in total. The first-order chi connectivity index (χ1) is 6.45. The molecule has 0 unspecified atom stereocenters. The van der Waals surface area contributed by atoms with Crippen molar-refractivity contribution in [1.82, 2.24) is 0 Å². The second-order valence-corrected chi connectivity index (χ2v) is 3.02. The third-order valence-corrected chi connectivity index (χ3v) is 2.24. The molecule has 3 rings (SSSR count). The Hall–Kier alpha value is -1.70. The zero-order valence-corrected chi connectivity index (χ0v) is 6.94. The summed E-state index contributed by atoms with van der Waals surface area (Å²) in [5.74, 6) is 0. The molecule has 13 heavy (non-hydrogen) atoms. The van der Waals surface area contributed by atoms with Crippen LogP contribution >= 0.6 is 0 Å². The molecule has 2 heteroatoms. The summed E-state index contributed by atoms with van der Waals surface area (Å²) >= 11 is 0. The molecule has 0 fully saturated rings. The summed E-state index contributed by atoms with van der Waals surface area (Å²) in [6, 6.07) is 8.14. The van der Waals surface area contributed by atoms with E-state index < -0.39 is 0 Å². The first-order valence-electron chi connectivity index (χ1n) is 4.20. The number of para-hydroxylation sites is 1. The fourth-order valence-electron chi connectivity index (χ4n) is 1.63. The smallest absolute Gasteiger partial charge is 0.281 e. The summed E-state index contributed by atoms with van der Waals surface area (Å²) in [5, 5.41) is 0. The number of fused-ring (bicyclic) bond motifs is 3. The molecule has 0 saturated carbocycles. The largest absolute Gasteiger partial charge is 1.00 e. The number of aliphatic imine (C=N–C) groups is 2. The molecule has 1 aromatic carbocycles. The Labute approximate surface area is 77.8 Å². The van der Waals surface area contributed by atoms with Gasteiger partial charge in [0, 0.05) is 17.4 Å². The summed E-state index contributed by atoms with van der Waals surface area (Å²) in [4.78, 5) is 8.50. The average molecular weight is 168 g/mol. The number of benzene rings is 1. The van der Waals surface area contributed by atoms with E-state index in [4.69, 9.17) is 0 Å². The molecule has 0 bridgehead atoms. The van der Waals surface area contributed by atoms with Crippen molar-refractivity contribution in [2.24, 2.45) is 9.98 Å². The van der Waals surface area contributed by atoms with Crippen molar-refractivity contribution in [2.75, 3.05) is 0 Å². The van der Waals surface area contributed by atoms with E-state index in [0.717, 1.165) is 11.4 Å². The van der Waals surface area contributed by atoms with Gasteiger partial charge in [-0.05, 0) is 12.1 Å². The number of hydrogen-bond donors (Lipinski definition) is 0. The summed E-state index contributed by atoms with van der Waals surface area (Å²) < 4.78 is 0. The van der Waals surface area contributed by atoms with Crippen molar-refractivity contribution >= 4 is 23.2 Å². The number of dihydropyridines is 1. The minimum Gasteiger partial charge on any atom is -0.281 e. The minimum atomic E-state index is 0. The predicted octanol–water partition coefficient (Wildman–Crippen LogP) is 2.51. The monoisotopic (exact) mass is 168 g/mol. The van der Waals surface area contributed by atoms with Gasteiger partial charge in [0.1, 0.15) is 6.54 Å². The van der Waals surface area contributed by atoms with Crippen LogP contribution < -0.4 is 0 Å². The number of nitrogens with zero attached hydrogens (tertiary/aromatic N) is 2. The summed E-state index contributed by atoms with van der Waals surface area (Å²) in [5.41, 5.74) is 4.42. The standard InChI is InChI=1S/C11H7N2/c1-2-4-10-8(3-1)9-5-6-12-7-11(9)13-10/h1-7H/p+1. The van der Waals surface area contributed by atoms with Crippen molar-refractivity contribution in [2.45, 2.75) is 0 Å². The van der Waals surface area contributed by atoms with Crippen LogP contribution in [0.25, 0.3) is 5.57 Å². The first-order valence-corrected chi connectivity index (χ1v) is 4.20. The van der Waals surface area contributed by atoms with Crippen LogP contribution in [0.2, 0.25) is 0 Å². The molecule has 0 saturated heterocycles. The third kappa shape index (κ3) is 0.886. The van der Waals surface area contributed by atoms with Gasteiger partial charge in [-0.3, -0.25) is 4.99 Å². The van der Waals surface area contributed by atoms with E-state index >= 15 is 0 Å². The normalized spacial score (nSPS) is 17.5. The van der Waals surface area contributed by atoms with Crippen LogP contribution in [0.15, 0.2) is 40.3 Å². The molecule has 0 spiro atoms. The highest BCUT2D eigenvalue weighted by atomic mass is 14.9. The van der Waals surface area contributed by atoms with Crippen LogP contribution in [0.1, 0.15) is 6.99 Å². The highest BCUT2D eigenvalue weighted by Crippen LogP contribution is 2.35. The second-order valence-electron chi connectivity index (χ2n) is 3.02. The fraction of sp³-hybridized carbons (Fsp3) is 0. The van der Waals surface area contributed by atoms with Gasteiger partial charge >= 0.3 is 1.43 Å². The van der Waals surface area contributed by atoms with Crippen LogP contribution in [0, 0.1) is 6.54 Å². The van der Waals surface area contributed by atoms with Crippen molar-refractivity contribution < 1.29 is 1.43 Å². The molecular formula is C11H8N2+. The molecule has 0 N–H and O–H groups in total. The lowest BCUT2D eigenvalue weighted by atomic mass is 10.0. The van der Waals surface area contributed by atoms with Crippen LogP contribution in [0.3, 0.4) is 0 Å². The zero-order chi connectivity index (χ0) is 8.67. The van der Waals surface area contributed by atoms with Gasteiger partial charge < -0.3 is 0 Å².